The lowest BCUT2D eigenvalue weighted by atomic mass is 10.2. The van der Waals surface area contributed by atoms with Crippen LogP contribution < -0.4 is 15.4 Å². The number of aryl methyl sites for hydroxylation is 1. The Bertz CT molecular complexity index is 1270. The summed E-state index contributed by atoms with van der Waals surface area (Å²) in [4.78, 5) is 30.5. The zero-order valence-electron chi connectivity index (χ0n) is 17.4. The number of methoxy groups -OCH3 is 1. The monoisotopic (exact) mass is 469 g/mol. The number of benzene rings is 2. The Morgan fingerprint density at radius 3 is 2.47 bits per heavy atom. The maximum Gasteiger partial charge on any atom is 0.313 e. The minimum atomic E-state index is -0.726. The fourth-order valence-corrected chi connectivity index (χ4v) is 4.25. The fraction of sp³-hybridized carbons (Fsp3) is 0.182. The molecule has 0 radical (unpaired) electrons. The number of fused-ring (bicyclic) bond motifs is 1. The van der Waals surface area contributed by atoms with E-state index in [9.17, 15) is 9.59 Å². The predicted molar refractivity (Wildman–Crippen MR) is 124 cm³/mol. The maximum atomic E-state index is 12.1. The van der Waals surface area contributed by atoms with Crippen LogP contribution in [0.4, 0.5) is 5.69 Å². The van der Waals surface area contributed by atoms with Crippen LogP contribution in [0, 0.1) is 6.92 Å². The first-order chi connectivity index (χ1) is 15.4. The van der Waals surface area contributed by atoms with Crippen molar-refractivity contribution in [2.45, 2.75) is 13.3 Å². The zero-order valence-corrected chi connectivity index (χ0v) is 19.0. The SMILES string of the molecule is COc1ccc(-c2nc3sc(CCNC(=O)C(=O)Nc4ccc(Cl)cc4)c(C)n3n2)cc1. The summed E-state index contributed by atoms with van der Waals surface area (Å²) in [6, 6.07) is 14.1. The topological polar surface area (TPSA) is 97.6 Å². The van der Waals surface area contributed by atoms with Gasteiger partial charge in [0.05, 0.1) is 12.8 Å². The number of amides is 2. The molecule has 2 aromatic heterocycles. The summed E-state index contributed by atoms with van der Waals surface area (Å²) < 4.78 is 6.98. The highest BCUT2D eigenvalue weighted by atomic mass is 35.5. The van der Waals surface area contributed by atoms with Crippen molar-refractivity contribution in [2.24, 2.45) is 0 Å². The average Bonchev–Trinajstić information content (AvgIpc) is 3.34. The molecule has 2 amide bonds. The Balaban J connectivity index is 1.35. The number of rotatable bonds is 6. The van der Waals surface area contributed by atoms with E-state index in [2.05, 4.69) is 20.7 Å². The van der Waals surface area contributed by atoms with E-state index in [4.69, 9.17) is 16.3 Å². The van der Waals surface area contributed by atoms with Crippen LogP contribution in [0.25, 0.3) is 16.3 Å². The molecule has 8 nitrogen and oxygen atoms in total. The summed E-state index contributed by atoms with van der Waals surface area (Å²) >= 11 is 7.33. The van der Waals surface area contributed by atoms with Gasteiger partial charge in [-0.2, -0.15) is 4.98 Å². The van der Waals surface area contributed by atoms with Crippen LogP contribution in [0.2, 0.25) is 5.02 Å². The van der Waals surface area contributed by atoms with Crippen molar-refractivity contribution < 1.29 is 14.3 Å². The number of anilines is 1. The third-order valence-electron chi connectivity index (χ3n) is 4.81. The third-order valence-corrected chi connectivity index (χ3v) is 6.25. The van der Waals surface area contributed by atoms with Crippen molar-refractivity contribution in [1.29, 1.82) is 0 Å². The molecule has 0 aliphatic heterocycles. The van der Waals surface area contributed by atoms with E-state index < -0.39 is 11.8 Å². The van der Waals surface area contributed by atoms with Crippen molar-refractivity contribution in [3.8, 4) is 17.1 Å². The lowest BCUT2D eigenvalue weighted by Crippen LogP contribution is -2.36. The first kappa shape index (κ1) is 21.8. The van der Waals surface area contributed by atoms with Crippen LogP contribution in [0.1, 0.15) is 10.6 Å². The van der Waals surface area contributed by atoms with Crippen LogP contribution in [-0.4, -0.2) is 40.1 Å². The van der Waals surface area contributed by atoms with Crippen molar-refractivity contribution in [2.75, 3.05) is 19.0 Å². The third kappa shape index (κ3) is 4.74. The number of hydrogen-bond donors (Lipinski definition) is 2. The maximum absolute atomic E-state index is 12.1. The number of nitrogens with zero attached hydrogens (tertiary/aromatic N) is 3. The smallest absolute Gasteiger partial charge is 0.313 e. The molecule has 10 heteroatoms. The van der Waals surface area contributed by atoms with Gasteiger partial charge in [0.1, 0.15) is 5.75 Å². The first-order valence-corrected chi connectivity index (χ1v) is 11.0. The summed E-state index contributed by atoms with van der Waals surface area (Å²) in [5, 5.41) is 10.3. The van der Waals surface area contributed by atoms with Gasteiger partial charge in [0, 0.05) is 34.1 Å². The zero-order chi connectivity index (χ0) is 22.7. The Kier molecular flexibility index (Phi) is 6.38. The van der Waals surface area contributed by atoms with Crippen LogP contribution in [-0.2, 0) is 16.0 Å². The van der Waals surface area contributed by atoms with Crippen LogP contribution in [0.5, 0.6) is 5.75 Å². The number of carbonyl (C=O) groups excluding carboxylic acids is 2. The Morgan fingerprint density at radius 2 is 1.81 bits per heavy atom. The van der Waals surface area contributed by atoms with E-state index in [-0.39, 0.29) is 0 Å². The molecule has 0 fully saturated rings. The van der Waals surface area contributed by atoms with Crippen molar-refractivity contribution in [3.63, 3.8) is 0 Å². The predicted octanol–water partition coefficient (Wildman–Crippen LogP) is 3.73. The van der Waals surface area contributed by atoms with Gasteiger partial charge in [-0.05, 0) is 55.5 Å². The minimum absolute atomic E-state index is 0.322. The van der Waals surface area contributed by atoms with Gasteiger partial charge in [-0.1, -0.05) is 22.9 Å². The molecule has 0 unspecified atom stereocenters. The number of hydrogen-bond acceptors (Lipinski definition) is 6. The molecule has 0 saturated heterocycles. The van der Waals surface area contributed by atoms with E-state index in [0.29, 0.717) is 29.5 Å². The highest BCUT2D eigenvalue weighted by Crippen LogP contribution is 2.26. The molecule has 2 N–H and O–H groups in total. The van der Waals surface area contributed by atoms with E-state index in [1.54, 1.807) is 35.9 Å². The molecule has 0 spiro atoms. The molecule has 32 heavy (non-hydrogen) atoms. The Morgan fingerprint density at radius 1 is 1.09 bits per heavy atom. The van der Waals surface area contributed by atoms with E-state index >= 15 is 0 Å². The van der Waals surface area contributed by atoms with Gasteiger partial charge in [-0.3, -0.25) is 9.59 Å². The van der Waals surface area contributed by atoms with Crippen LogP contribution in [0.15, 0.2) is 48.5 Å². The molecule has 0 atom stereocenters. The minimum Gasteiger partial charge on any atom is -0.497 e. The van der Waals surface area contributed by atoms with E-state index in [1.807, 2.05) is 31.2 Å². The van der Waals surface area contributed by atoms with Crippen molar-refractivity contribution >= 4 is 45.4 Å². The highest BCUT2D eigenvalue weighted by molar-refractivity contribution is 7.17. The number of carbonyl (C=O) groups is 2. The van der Waals surface area contributed by atoms with E-state index in [0.717, 1.165) is 26.8 Å². The Labute approximate surface area is 193 Å². The van der Waals surface area contributed by atoms with Crippen molar-refractivity contribution in [1.82, 2.24) is 19.9 Å². The molecule has 0 saturated carbocycles. The molecule has 0 aliphatic rings. The van der Waals surface area contributed by atoms with Gasteiger partial charge >= 0.3 is 11.8 Å². The van der Waals surface area contributed by atoms with Gasteiger partial charge in [0.25, 0.3) is 0 Å². The highest BCUT2D eigenvalue weighted by Gasteiger charge is 2.16. The molecular weight excluding hydrogens is 450 g/mol. The largest absolute Gasteiger partial charge is 0.497 e. The van der Waals surface area contributed by atoms with Gasteiger partial charge in [-0.15, -0.1) is 5.10 Å². The number of nitrogens with one attached hydrogen (secondary N) is 2. The average molecular weight is 470 g/mol. The van der Waals surface area contributed by atoms with Gasteiger partial charge in [0.2, 0.25) is 4.96 Å². The molecular formula is C22H20ClN5O3S. The first-order valence-electron chi connectivity index (χ1n) is 9.79. The van der Waals surface area contributed by atoms with Crippen LogP contribution in [0.3, 0.4) is 0 Å². The van der Waals surface area contributed by atoms with Crippen LogP contribution >= 0.6 is 22.9 Å². The molecule has 0 bridgehead atoms. The summed E-state index contributed by atoms with van der Waals surface area (Å²) in [5.41, 5.74) is 2.36. The fourth-order valence-electron chi connectivity index (χ4n) is 3.07. The lowest BCUT2D eigenvalue weighted by molar-refractivity contribution is -0.136. The number of thiazole rings is 1. The van der Waals surface area contributed by atoms with Gasteiger partial charge in [0.15, 0.2) is 5.82 Å². The summed E-state index contributed by atoms with van der Waals surface area (Å²) in [5.74, 6) is -0.00691. The standard InChI is InChI=1S/C22H20ClN5O3S/c1-13-18(11-12-24-20(29)21(30)25-16-7-5-15(23)6-8-16)32-22-26-19(27-28(13)22)14-3-9-17(31-2)10-4-14/h3-10H,11-12H2,1-2H3,(H,24,29)(H,25,30). The molecule has 2 aromatic carbocycles. The molecule has 2 heterocycles. The second-order valence-electron chi connectivity index (χ2n) is 6.94. The summed E-state index contributed by atoms with van der Waals surface area (Å²) in [7, 11) is 1.62. The van der Waals surface area contributed by atoms with E-state index in [1.165, 1.54) is 11.3 Å². The molecule has 164 valence electrons. The molecule has 0 aliphatic carbocycles. The second kappa shape index (κ2) is 9.37. The summed E-state index contributed by atoms with van der Waals surface area (Å²) in [6.45, 7) is 2.28. The number of ether oxygens (including phenoxy) is 1. The van der Waals surface area contributed by atoms with Gasteiger partial charge < -0.3 is 15.4 Å². The van der Waals surface area contributed by atoms with Crippen molar-refractivity contribution in [3.05, 3.63) is 64.1 Å². The Hall–Kier alpha value is -3.43. The number of halogens is 1. The molecule has 4 aromatic rings. The summed E-state index contributed by atoms with van der Waals surface area (Å²) in [6.07, 6.45) is 0.569. The quantitative estimate of drug-likeness (QED) is 0.419. The lowest BCUT2D eigenvalue weighted by Gasteiger charge is -2.06. The molecule has 4 rings (SSSR count). The second-order valence-corrected chi connectivity index (χ2v) is 8.43. The van der Waals surface area contributed by atoms with Gasteiger partial charge in [-0.25, -0.2) is 4.52 Å². The number of aromatic nitrogens is 3. The normalized spacial score (nSPS) is 10.8.